The molecule has 6 aromatic carbocycles. The number of hydrogen-bond donors (Lipinski definition) is 0. The van der Waals surface area contributed by atoms with Crippen molar-refractivity contribution in [2.24, 2.45) is 0 Å². The summed E-state index contributed by atoms with van der Waals surface area (Å²) < 4.78 is 2.40. The van der Waals surface area contributed by atoms with Gasteiger partial charge in [-0.2, -0.15) is 0 Å². The third-order valence-electron chi connectivity index (χ3n) is 7.33. The highest BCUT2D eigenvalue weighted by Crippen LogP contribution is 2.44. The lowest BCUT2D eigenvalue weighted by Crippen LogP contribution is -2.10. The Balaban J connectivity index is 1.31. The van der Waals surface area contributed by atoms with Crippen molar-refractivity contribution in [2.75, 3.05) is 4.90 Å². The number of rotatable bonds is 5. The predicted octanol–water partition coefficient (Wildman–Crippen LogP) is 10.9. The van der Waals surface area contributed by atoms with Gasteiger partial charge in [0.25, 0.3) is 0 Å². The first-order chi connectivity index (χ1) is 20.3. The van der Waals surface area contributed by atoms with E-state index in [9.17, 15) is 0 Å². The average Bonchev–Trinajstić information content (AvgIpc) is 3.67. The second-order valence-corrected chi connectivity index (χ2v) is 11.9. The Morgan fingerprint density at radius 3 is 1.83 bits per heavy atom. The molecule has 0 N–H and O–H groups in total. The molecular weight excluding hydrogens is 539 g/mol. The number of nitrogens with zero attached hydrogens (tertiary/aromatic N) is 3. The molecule has 0 amide bonds. The molecule has 0 atom stereocenters. The molecule has 3 nitrogen and oxygen atoms in total. The Morgan fingerprint density at radius 1 is 0.463 bits per heavy atom. The molecule has 0 spiro atoms. The largest absolute Gasteiger partial charge is 0.310 e. The second kappa shape index (κ2) is 9.97. The minimum Gasteiger partial charge on any atom is -0.310 e. The predicted molar refractivity (Wildman–Crippen MR) is 176 cm³/mol. The zero-order chi connectivity index (χ0) is 27.2. The maximum Gasteiger partial charge on any atom is 0.125 e. The SMILES string of the molecule is c1ccc(N(c2cccc(-c3nc4ccccc4s3)c2)c2ccc(-c3nc4ccccc4s3)c3ccccc23)cc1. The summed E-state index contributed by atoms with van der Waals surface area (Å²) in [4.78, 5) is 12.3. The molecule has 0 saturated carbocycles. The highest BCUT2D eigenvalue weighted by molar-refractivity contribution is 7.22. The van der Waals surface area contributed by atoms with E-state index in [1.807, 2.05) is 12.1 Å². The monoisotopic (exact) mass is 561 g/mol. The topological polar surface area (TPSA) is 29.0 Å². The van der Waals surface area contributed by atoms with E-state index in [0.717, 1.165) is 49.2 Å². The minimum atomic E-state index is 1.03. The van der Waals surface area contributed by atoms with Gasteiger partial charge < -0.3 is 4.90 Å². The van der Waals surface area contributed by atoms with Crippen molar-refractivity contribution in [1.29, 1.82) is 0 Å². The van der Waals surface area contributed by atoms with Gasteiger partial charge in [-0.25, -0.2) is 9.97 Å². The van der Waals surface area contributed by atoms with Crippen molar-refractivity contribution in [1.82, 2.24) is 9.97 Å². The molecule has 0 bridgehead atoms. The van der Waals surface area contributed by atoms with Gasteiger partial charge in [0.2, 0.25) is 0 Å². The summed E-state index contributed by atoms with van der Waals surface area (Å²) >= 11 is 3.47. The number of para-hydroxylation sites is 3. The summed E-state index contributed by atoms with van der Waals surface area (Å²) in [6, 6.07) is 49.1. The molecule has 0 aliphatic rings. The van der Waals surface area contributed by atoms with Crippen LogP contribution in [0.25, 0.3) is 52.3 Å². The van der Waals surface area contributed by atoms with E-state index in [4.69, 9.17) is 9.97 Å². The van der Waals surface area contributed by atoms with E-state index in [1.54, 1.807) is 22.7 Å². The summed E-state index contributed by atoms with van der Waals surface area (Å²) in [5.74, 6) is 0. The molecule has 0 unspecified atom stereocenters. The quantitative estimate of drug-likeness (QED) is 0.209. The van der Waals surface area contributed by atoms with E-state index in [0.29, 0.717) is 0 Å². The summed E-state index contributed by atoms with van der Waals surface area (Å²) in [6.07, 6.45) is 0. The van der Waals surface area contributed by atoms with Gasteiger partial charge in [-0.05, 0) is 66.0 Å². The molecule has 5 heteroatoms. The molecule has 0 saturated heterocycles. The molecule has 41 heavy (non-hydrogen) atoms. The van der Waals surface area contributed by atoms with Crippen LogP contribution in [-0.4, -0.2) is 9.97 Å². The standard InChI is InChI=1S/C36H23N3S2/c1-2-12-25(13-3-1)39(26-14-10-11-24(23-26)35-37-30-17-6-8-19-33(30)40-35)32-22-21-29(27-15-4-5-16-28(27)32)36-38-31-18-7-9-20-34(31)41-36/h1-23H. The number of hydrogen-bond acceptors (Lipinski definition) is 5. The molecule has 0 aliphatic heterocycles. The third kappa shape index (κ3) is 4.27. The molecule has 0 fully saturated rings. The van der Waals surface area contributed by atoms with E-state index < -0.39 is 0 Å². The van der Waals surface area contributed by atoms with Crippen LogP contribution in [0.15, 0.2) is 140 Å². The van der Waals surface area contributed by atoms with E-state index >= 15 is 0 Å². The van der Waals surface area contributed by atoms with Gasteiger partial charge in [-0.15, -0.1) is 22.7 Å². The van der Waals surface area contributed by atoms with Gasteiger partial charge in [0.1, 0.15) is 10.0 Å². The minimum absolute atomic E-state index is 1.03. The second-order valence-electron chi connectivity index (χ2n) is 9.87. The zero-order valence-corrected chi connectivity index (χ0v) is 23.6. The molecule has 0 radical (unpaired) electrons. The molecule has 2 aromatic heterocycles. The van der Waals surface area contributed by atoms with Crippen molar-refractivity contribution in [3.8, 4) is 21.1 Å². The molecule has 194 valence electrons. The van der Waals surface area contributed by atoms with Gasteiger partial charge in [-0.1, -0.05) is 78.9 Å². The Bertz CT molecular complexity index is 2110. The first-order valence-electron chi connectivity index (χ1n) is 13.5. The highest BCUT2D eigenvalue weighted by Gasteiger charge is 2.19. The Hall–Kier alpha value is -4.84. The number of benzene rings is 6. The lowest BCUT2D eigenvalue weighted by atomic mass is 10.0. The summed E-state index contributed by atoms with van der Waals surface area (Å²) in [6.45, 7) is 0. The lowest BCUT2D eigenvalue weighted by Gasteiger charge is -2.27. The number of thiazole rings is 2. The van der Waals surface area contributed by atoms with Crippen LogP contribution in [0, 0.1) is 0 Å². The summed E-state index contributed by atoms with van der Waals surface area (Å²) in [5.41, 5.74) is 7.66. The summed E-state index contributed by atoms with van der Waals surface area (Å²) in [5, 5.41) is 4.43. The fraction of sp³-hybridized carbons (Fsp3) is 0. The molecule has 8 aromatic rings. The van der Waals surface area contributed by atoms with Gasteiger partial charge >= 0.3 is 0 Å². The fourth-order valence-electron chi connectivity index (χ4n) is 5.43. The number of anilines is 3. The number of aromatic nitrogens is 2. The van der Waals surface area contributed by atoms with Crippen LogP contribution in [-0.2, 0) is 0 Å². The van der Waals surface area contributed by atoms with Crippen LogP contribution in [0.4, 0.5) is 17.1 Å². The smallest absolute Gasteiger partial charge is 0.125 e. The maximum absolute atomic E-state index is 4.99. The molecule has 0 aliphatic carbocycles. The highest BCUT2D eigenvalue weighted by atomic mass is 32.1. The van der Waals surface area contributed by atoms with Crippen molar-refractivity contribution >= 4 is 70.9 Å². The van der Waals surface area contributed by atoms with Crippen LogP contribution in [0.5, 0.6) is 0 Å². The van der Waals surface area contributed by atoms with Crippen LogP contribution >= 0.6 is 22.7 Å². The first-order valence-corrected chi connectivity index (χ1v) is 15.1. The maximum atomic E-state index is 4.99. The van der Waals surface area contributed by atoms with Crippen LogP contribution in [0.1, 0.15) is 0 Å². The van der Waals surface area contributed by atoms with Gasteiger partial charge in [0, 0.05) is 27.9 Å². The Morgan fingerprint density at radius 2 is 1.07 bits per heavy atom. The summed E-state index contributed by atoms with van der Waals surface area (Å²) in [7, 11) is 0. The zero-order valence-electron chi connectivity index (χ0n) is 21.9. The first kappa shape index (κ1) is 24.0. The number of fused-ring (bicyclic) bond motifs is 3. The van der Waals surface area contributed by atoms with Crippen molar-refractivity contribution in [3.63, 3.8) is 0 Å². The van der Waals surface area contributed by atoms with E-state index in [2.05, 4.69) is 132 Å². The van der Waals surface area contributed by atoms with Crippen molar-refractivity contribution < 1.29 is 0 Å². The van der Waals surface area contributed by atoms with Gasteiger partial charge in [-0.3, -0.25) is 0 Å². The van der Waals surface area contributed by atoms with Crippen LogP contribution < -0.4 is 4.90 Å². The Labute approximate surface area is 245 Å². The normalized spacial score (nSPS) is 11.4. The van der Waals surface area contributed by atoms with Crippen molar-refractivity contribution in [3.05, 3.63) is 140 Å². The fourth-order valence-corrected chi connectivity index (χ4v) is 7.40. The average molecular weight is 562 g/mol. The van der Waals surface area contributed by atoms with Crippen LogP contribution in [0.3, 0.4) is 0 Å². The molecular formula is C36H23N3S2. The molecule has 8 rings (SSSR count). The van der Waals surface area contributed by atoms with E-state index in [1.165, 1.54) is 20.2 Å². The van der Waals surface area contributed by atoms with Crippen molar-refractivity contribution in [2.45, 2.75) is 0 Å². The van der Waals surface area contributed by atoms with Gasteiger partial charge in [0.05, 0.1) is 26.1 Å². The Kier molecular flexibility index (Phi) is 5.83. The molecule has 2 heterocycles. The van der Waals surface area contributed by atoms with E-state index in [-0.39, 0.29) is 0 Å². The van der Waals surface area contributed by atoms with Gasteiger partial charge in [0.15, 0.2) is 0 Å². The lowest BCUT2D eigenvalue weighted by molar-refractivity contribution is 1.30. The third-order valence-corrected chi connectivity index (χ3v) is 9.48. The van der Waals surface area contributed by atoms with Crippen LogP contribution in [0.2, 0.25) is 0 Å².